The number of ketones is 2. The van der Waals surface area contributed by atoms with Crippen molar-refractivity contribution >= 4 is 29.6 Å². The Hall–Kier alpha value is -5.61. The summed E-state index contributed by atoms with van der Waals surface area (Å²) < 4.78 is 16.6. The second-order valence-corrected chi connectivity index (χ2v) is 13.4. The molecule has 2 unspecified atom stereocenters. The summed E-state index contributed by atoms with van der Waals surface area (Å²) in [4.78, 5) is 65.5. The van der Waals surface area contributed by atoms with Crippen LogP contribution in [0.1, 0.15) is 89.4 Å². The summed E-state index contributed by atoms with van der Waals surface area (Å²) in [5, 5.41) is 13.1. The van der Waals surface area contributed by atoms with Crippen LogP contribution in [0.5, 0.6) is 0 Å². The quantitative estimate of drug-likeness (QED) is 0.0871. The topological polar surface area (TPSA) is 145 Å². The first-order valence-electron chi connectivity index (χ1n) is 16.6. The lowest BCUT2D eigenvalue weighted by Gasteiger charge is -2.33. The number of hydrogen-bond acceptors (Lipinski definition) is 9. The van der Waals surface area contributed by atoms with Gasteiger partial charge in [0.25, 0.3) is 0 Å². The van der Waals surface area contributed by atoms with Gasteiger partial charge in [-0.3, -0.25) is 19.2 Å². The largest absolute Gasteiger partial charge is 0.462 e. The first-order valence-corrected chi connectivity index (χ1v) is 16.6. The second-order valence-electron chi connectivity index (χ2n) is 13.4. The van der Waals surface area contributed by atoms with Gasteiger partial charge in [0.15, 0.2) is 11.6 Å². The van der Waals surface area contributed by atoms with Crippen LogP contribution < -0.4 is 5.32 Å². The van der Waals surface area contributed by atoms with E-state index in [0.29, 0.717) is 33.4 Å². The number of esters is 2. The highest BCUT2D eigenvalue weighted by Crippen LogP contribution is 2.23. The van der Waals surface area contributed by atoms with E-state index < -0.39 is 60.8 Å². The van der Waals surface area contributed by atoms with Crippen LogP contribution in [0, 0.1) is 0 Å². The number of carbonyl (C=O) groups excluding carboxylic acids is 5. The van der Waals surface area contributed by atoms with E-state index in [9.17, 15) is 29.1 Å². The molecule has 2 atom stereocenters. The van der Waals surface area contributed by atoms with E-state index in [-0.39, 0.29) is 11.6 Å². The number of ether oxygens (including phenoxy) is 3. The zero-order chi connectivity index (χ0) is 37.2. The first kappa shape index (κ1) is 38.2. The molecule has 0 fully saturated rings. The Morgan fingerprint density at radius 1 is 0.608 bits per heavy atom. The molecule has 4 aromatic rings. The molecule has 0 heterocycles. The minimum Gasteiger partial charge on any atom is -0.462 e. The fourth-order valence-corrected chi connectivity index (χ4v) is 5.12. The third-order valence-corrected chi connectivity index (χ3v) is 8.13. The van der Waals surface area contributed by atoms with Crippen molar-refractivity contribution in [3.63, 3.8) is 0 Å². The van der Waals surface area contributed by atoms with Crippen LogP contribution in [0.2, 0.25) is 0 Å². The van der Waals surface area contributed by atoms with Gasteiger partial charge in [0.05, 0.1) is 18.4 Å². The standard InChI is InChI=1S/C41H43NO9/c1-27(31-18-12-20-33(22-31)35(44)29-14-8-6-9-15-29)37(46)49-25-41(24-43,42-39(48)51-40(3,4)5)26-50-38(47)28(2)32-19-13-21-34(23-32)36(45)30-16-10-7-11-17-30/h6-23,27-28,43H,24-26H2,1-5H3,(H,42,48). The van der Waals surface area contributed by atoms with Gasteiger partial charge in [0.1, 0.15) is 24.4 Å². The van der Waals surface area contributed by atoms with Crippen molar-refractivity contribution < 1.29 is 43.3 Å². The summed E-state index contributed by atoms with van der Waals surface area (Å²) in [7, 11) is 0. The Kier molecular flexibility index (Phi) is 12.6. The van der Waals surface area contributed by atoms with Crippen LogP contribution in [-0.4, -0.2) is 65.7 Å². The molecule has 0 saturated heterocycles. The van der Waals surface area contributed by atoms with Crippen molar-refractivity contribution in [3.8, 4) is 0 Å². The lowest BCUT2D eigenvalue weighted by atomic mass is 9.95. The van der Waals surface area contributed by atoms with Crippen molar-refractivity contribution in [2.45, 2.75) is 57.6 Å². The van der Waals surface area contributed by atoms with Crippen molar-refractivity contribution in [2.75, 3.05) is 19.8 Å². The maximum atomic E-state index is 13.3. The highest BCUT2D eigenvalue weighted by molar-refractivity contribution is 6.09. The number of carbonyl (C=O) groups is 5. The maximum Gasteiger partial charge on any atom is 0.408 e. The SMILES string of the molecule is CC(C(=O)OCC(CO)(COC(=O)C(C)c1cccc(C(=O)c2ccccc2)c1)NC(=O)OC(C)(C)C)c1cccc(C(=O)c2ccccc2)c1. The van der Waals surface area contributed by atoms with Gasteiger partial charge >= 0.3 is 18.0 Å². The number of amides is 1. The normalized spacial score (nSPS) is 13.5. The summed E-state index contributed by atoms with van der Waals surface area (Å²) in [6, 6.07) is 30.8. The molecule has 0 aromatic heterocycles. The summed E-state index contributed by atoms with van der Waals surface area (Å²) in [6.45, 7) is 6.26. The minimum absolute atomic E-state index is 0.204. The number of nitrogens with one attached hydrogen (secondary N) is 1. The van der Waals surface area contributed by atoms with E-state index in [1.165, 1.54) is 0 Å². The Morgan fingerprint density at radius 2 is 1.00 bits per heavy atom. The van der Waals surface area contributed by atoms with Gasteiger partial charge < -0.3 is 24.6 Å². The van der Waals surface area contributed by atoms with Crippen LogP contribution >= 0.6 is 0 Å². The summed E-state index contributed by atoms with van der Waals surface area (Å²) in [6.07, 6.45) is -0.927. The maximum absolute atomic E-state index is 13.3. The average Bonchev–Trinajstić information content (AvgIpc) is 3.14. The molecule has 0 aliphatic carbocycles. The molecule has 4 rings (SSSR count). The fourth-order valence-electron chi connectivity index (χ4n) is 5.12. The molecule has 2 N–H and O–H groups in total. The van der Waals surface area contributed by atoms with E-state index in [0.717, 1.165) is 0 Å². The summed E-state index contributed by atoms with van der Waals surface area (Å²) in [5.74, 6) is -3.49. The summed E-state index contributed by atoms with van der Waals surface area (Å²) in [5.41, 5.74) is 0.159. The van der Waals surface area contributed by atoms with Crippen LogP contribution in [0.4, 0.5) is 4.79 Å². The number of aliphatic hydroxyl groups excluding tert-OH is 1. The number of benzene rings is 4. The van der Waals surface area contributed by atoms with Gasteiger partial charge in [-0.25, -0.2) is 4.79 Å². The average molecular weight is 694 g/mol. The Bertz CT molecular complexity index is 1730. The van der Waals surface area contributed by atoms with E-state index in [1.54, 1.807) is 132 Å². The Labute approximate surface area is 297 Å². The highest BCUT2D eigenvalue weighted by atomic mass is 16.6. The van der Waals surface area contributed by atoms with Gasteiger partial charge in [0, 0.05) is 22.3 Å². The molecule has 51 heavy (non-hydrogen) atoms. The zero-order valence-corrected chi connectivity index (χ0v) is 29.4. The molecule has 266 valence electrons. The van der Waals surface area contributed by atoms with Gasteiger partial charge in [-0.1, -0.05) is 97.1 Å². The molecule has 0 aliphatic heterocycles. The molecule has 4 aromatic carbocycles. The second kappa shape index (κ2) is 16.9. The lowest BCUT2D eigenvalue weighted by Crippen LogP contribution is -2.59. The van der Waals surface area contributed by atoms with E-state index in [1.807, 2.05) is 12.1 Å². The van der Waals surface area contributed by atoms with Crippen LogP contribution in [-0.2, 0) is 23.8 Å². The van der Waals surface area contributed by atoms with Crippen LogP contribution in [0.15, 0.2) is 109 Å². The van der Waals surface area contributed by atoms with E-state index in [4.69, 9.17) is 14.2 Å². The molecule has 10 heteroatoms. The Morgan fingerprint density at radius 3 is 1.37 bits per heavy atom. The fraction of sp³-hybridized carbons (Fsp3) is 0.293. The lowest BCUT2D eigenvalue weighted by molar-refractivity contribution is -0.154. The minimum atomic E-state index is -1.77. The van der Waals surface area contributed by atoms with Gasteiger partial charge in [-0.2, -0.15) is 0 Å². The van der Waals surface area contributed by atoms with Crippen molar-refractivity contribution in [2.24, 2.45) is 0 Å². The molecule has 0 saturated carbocycles. The number of hydrogen-bond donors (Lipinski definition) is 2. The zero-order valence-electron chi connectivity index (χ0n) is 29.4. The monoisotopic (exact) mass is 693 g/mol. The number of rotatable bonds is 14. The molecule has 0 spiro atoms. The molecular formula is C41H43NO9. The van der Waals surface area contributed by atoms with Gasteiger partial charge in [-0.15, -0.1) is 0 Å². The molecule has 1 amide bonds. The van der Waals surface area contributed by atoms with Gasteiger partial charge in [0.2, 0.25) is 0 Å². The van der Waals surface area contributed by atoms with Crippen LogP contribution in [0.25, 0.3) is 0 Å². The highest BCUT2D eigenvalue weighted by Gasteiger charge is 2.38. The third-order valence-electron chi connectivity index (χ3n) is 8.13. The smallest absolute Gasteiger partial charge is 0.408 e. The van der Waals surface area contributed by atoms with E-state index in [2.05, 4.69) is 5.32 Å². The predicted octanol–water partition coefficient (Wildman–Crippen LogP) is 6.40. The third kappa shape index (κ3) is 10.4. The van der Waals surface area contributed by atoms with Crippen molar-refractivity contribution in [1.29, 1.82) is 0 Å². The number of aliphatic hydroxyl groups is 1. The first-order chi connectivity index (χ1) is 24.2. The van der Waals surface area contributed by atoms with Crippen molar-refractivity contribution in [1.82, 2.24) is 5.32 Å². The molecule has 0 radical (unpaired) electrons. The Balaban J connectivity index is 1.48. The molecule has 0 bridgehead atoms. The van der Waals surface area contributed by atoms with Crippen molar-refractivity contribution in [3.05, 3.63) is 143 Å². The van der Waals surface area contributed by atoms with Gasteiger partial charge in [-0.05, 0) is 57.9 Å². The molecular weight excluding hydrogens is 650 g/mol. The molecule has 10 nitrogen and oxygen atoms in total. The molecule has 0 aliphatic rings. The summed E-state index contributed by atoms with van der Waals surface area (Å²) >= 11 is 0. The predicted molar refractivity (Wildman–Crippen MR) is 191 cm³/mol. The van der Waals surface area contributed by atoms with E-state index >= 15 is 0 Å². The number of alkyl carbamates (subject to hydrolysis) is 1. The van der Waals surface area contributed by atoms with Crippen LogP contribution in [0.3, 0.4) is 0 Å².